The third kappa shape index (κ3) is 4.80. The maximum atomic E-state index is 12.3. The predicted molar refractivity (Wildman–Crippen MR) is 81.5 cm³/mol. The topological polar surface area (TPSA) is 46.6 Å². The molecule has 1 aromatic rings. The van der Waals surface area contributed by atoms with Gasteiger partial charge >= 0.3 is 0 Å². The fourth-order valence-electron chi connectivity index (χ4n) is 1.71. The SMILES string of the molecule is CCCCN(C)S(=O)(=O)c1ccc(OC(C)(C)C)cc1. The number of hydrogen-bond acceptors (Lipinski definition) is 3. The Kier molecular flexibility index (Phi) is 5.59. The third-order valence-electron chi connectivity index (χ3n) is 2.78. The van der Waals surface area contributed by atoms with Gasteiger partial charge in [-0.2, -0.15) is 0 Å². The predicted octanol–water partition coefficient (Wildman–Crippen LogP) is 3.28. The second-order valence-electron chi connectivity index (χ2n) is 5.87. The molecule has 0 saturated carbocycles. The van der Waals surface area contributed by atoms with Crippen molar-refractivity contribution >= 4 is 10.0 Å². The highest BCUT2D eigenvalue weighted by molar-refractivity contribution is 7.89. The van der Waals surface area contributed by atoms with E-state index in [4.69, 9.17) is 4.74 Å². The molecule has 4 nitrogen and oxygen atoms in total. The first-order chi connectivity index (χ1) is 9.16. The van der Waals surface area contributed by atoms with E-state index in [9.17, 15) is 8.42 Å². The fourth-order valence-corrected chi connectivity index (χ4v) is 2.92. The monoisotopic (exact) mass is 299 g/mol. The minimum atomic E-state index is -3.39. The lowest BCUT2D eigenvalue weighted by Crippen LogP contribution is -2.28. The second kappa shape index (κ2) is 6.59. The summed E-state index contributed by atoms with van der Waals surface area (Å²) < 4.78 is 31.7. The van der Waals surface area contributed by atoms with Crippen molar-refractivity contribution in [3.05, 3.63) is 24.3 Å². The van der Waals surface area contributed by atoms with Crippen LogP contribution < -0.4 is 4.74 Å². The Hall–Kier alpha value is -1.07. The Balaban J connectivity index is 2.87. The van der Waals surface area contributed by atoms with E-state index >= 15 is 0 Å². The number of sulfonamides is 1. The zero-order valence-corrected chi connectivity index (χ0v) is 13.8. The zero-order valence-electron chi connectivity index (χ0n) is 13.0. The van der Waals surface area contributed by atoms with Gasteiger partial charge in [-0.3, -0.25) is 0 Å². The molecule has 114 valence electrons. The molecule has 1 aromatic carbocycles. The fraction of sp³-hybridized carbons (Fsp3) is 0.600. The van der Waals surface area contributed by atoms with Crippen molar-refractivity contribution in [3.63, 3.8) is 0 Å². The summed E-state index contributed by atoms with van der Waals surface area (Å²) in [5.74, 6) is 0.674. The van der Waals surface area contributed by atoms with Crippen LogP contribution >= 0.6 is 0 Å². The van der Waals surface area contributed by atoms with Crippen LogP contribution in [-0.4, -0.2) is 31.9 Å². The van der Waals surface area contributed by atoms with Crippen LogP contribution in [0.4, 0.5) is 0 Å². The van der Waals surface area contributed by atoms with Gasteiger partial charge in [0.15, 0.2) is 0 Å². The Morgan fingerprint density at radius 3 is 2.15 bits per heavy atom. The molecule has 0 unspecified atom stereocenters. The molecule has 0 spiro atoms. The van der Waals surface area contributed by atoms with Crippen molar-refractivity contribution in [2.24, 2.45) is 0 Å². The van der Waals surface area contributed by atoms with Gasteiger partial charge in [0.25, 0.3) is 0 Å². The molecule has 0 heterocycles. The molecule has 0 aliphatic heterocycles. The van der Waals surface area contributed by atoms with Crippen molar-refractivity contribution < 1.29 is 13.2 Å². The highest BCUT2D eigenvalue weighted by Crippen LogP contribution is 2.22. The van der Waals surface area contributed by atoms with E-state index in [1.807, 2.05) is 27.7 Å². The van der Waals surface area contributed by atoms with Crippen molar-refractivity contribution in [1.82, 2.24) is 4.31 Å². The average molecular weight is 299 g/mol. The van der Waals surface area contributed by atoms with Gasteiger partial charge in [0.05, 0.1) is 4.90 Å². The maximum absolute atomic E-state index is 12.3. The van der Waals surface area contributed by atoms with Gasteiger partial charge in [-0.05, 0) is 51.5 Å². The van der Waals surface area contributed by atoms with Crippen LogP contribution in [0.2, 0.25) is 0 Å². The van der Waals surface area contributed by atoms with Gasteiger partial charge in [0, 0.05) is 13.6 Å². The maximum Gasteiger partial charge on any atom is 0.242 e. The molecule has 0 aromatic heterocycles. The van der Waals surface area contributed by atoms with E-state index in [-0.39, 0.29) is 5.60 Å². The first kappa shape index (κ1) is 17.0. The standard InChI is InChI=1S/C15H25NO3S/c1-6-7-12-16(5)20(17,18)14-10-8-13(9-11-14)19-15(2,3)4/h8-11H,6-7,12H2,1-5H3. The number of nitrogens with zero attached hydrogens (tertiary/aromatic N) is 1. The summed E-state index contributed by atoms with van der Waals surface area (Å²) in [4.78, 5) is 0.303. The first-order valence-corrected chi connectivity index (χ1v) is 8.36. The number of rotatable bonds is 6. The van der Waals surface area contributed by atoms with E-state index in [1.165, 1.54) is 4.31 Å². The Morgan fingerprint density at radius 2 is 1.70 bits per heavy atom. The van der Waals surface area contributed by atoms with Crippen LogP contribution in [0.5, 0.6) is 5.75 Å². The summed E-state index contributed by atoms with van der Waals surface area (Å²) in [6.45, 7) is 8.45. The summed E-state index contributed by atoms with van der Waals surface area (Å²) in [5, 5.41) is 0. The average Bonchev–Trinajstić information content (AvgIpc) is 2.34. The first-order valence-electron chi connectivity index (χ1n) is 6.92. The molecule has 0 fully saturated rings. The van der Waals surface area contributed by atoms with E-state index in [2.05, 4.69) is 0 Å². The van der Waals surface area contributed by atoms with Gasteiger partial charge in [-0.25, -0.2) is 12.7 Å². The molecule has 0 amide bonds. The molecule has 5 heteroatoms. The van der Waals surface area contributed by atoms with E-state index < -0.39 is 10.0 Å². The minimum Gasteiger partial charge on any atom is -0.488 e. The number of hydrogen-bond donors (Lipinski definition) is 0. The molecule has 0 saturated heterocycles. The van der Waals surface area contributed by atoms with Gasteiger partial charge in [-0.15, -0.1) is 0 Å². The summed E-state index contributed by atoms with van der Waals surface area (Å²) in [6, 6.07) is 6.59. The Labute approximate surface area is 122 Å². The van der Waals surface area contributed by atoms with Crippen molar-refractivity contribution in [3.8, 4) is 5.75 Å². The van der Waals surface area contributed by atoms with Gasteiger partial charge in [-0.1, -0.05) is 13.3 Å². The highest BCUT2D eigenvalue weighted by Gasteiger charge is 2.20. The van der Waals surface area contributed by atoms with Crippen LogP contribution in [0.15, 0.2) is 29.2 Å². The lowest BCUT2D eigenvalue weighted by Gasteiger charge is -2.22. The molecule has 1 rings (SSSR count). The normalized spacial score (nSPS) is 12.7. The van der Waals surface area contributed by atoms with E-state index in [0.717, 1.165) is 12.8 Å². The van der Waals surface area contributed by atoms with Gasteiger partial charge < -0.3 is 4.74 Å². The summed E-state index contributed by atoms with van der Waals surface area (Å²) in [6.07, 6.45) is 1.83. The minimum absolute atomic E-state index is 0.293. The summed E-state index contributed by atoms with van der Waals surface area (Å²) >= 11 is 0. The molecular formula is C15H25NO3S. The lowest BCUT2D eigenvalue weighted by molar-refractivity contribution is 0.131. The second-order valence-corrected chi connectivity index (χ2v) is 7.91. The number of ether oxygens (including phenoxy) is 1. The summed E-state index contributed by atoms with van der Waals surface area (Å²) in [7, 11) is -1.78. The van der Waals surface area contributed by atoms with Gasteiger partial charge in [0.1, 0.15) is 11.4 Å². The van der Waals surface area contributed by atoms with Crippen LogP contribution in [0.25, 0.3) is 0 Å². The van der Waals surface area contributed by atoms with Gasteiger partial charge in [0.2, 0.25) is 10.0 Å². The Bertz CT molecular complexity index is 515. The zero-order chi connectivity index (χ0) is 15.4. The quantitative estimate of drug-likeness (QED) is 0.810. The summed E-state index contributed by atoms with van der Waals surface area (Å²) in [5.41, 5.74) is -0.293. The highest BCUT2D eigenvalue weighted by atomic mass is 32.2. The van der Waals surface area contributed by atoms with E-state index in [1.54, 1.807) is 31.3 Å². The van der Waals surface area contributed by atoms with Crippen LogP contribution in [-0.2, 0) is 10.0 Å². The molecule has 0 radical (unpaired) electrons. The molecule has 0 N–H and O–H groups in total. The molecule has 20 heavy (non-hydrogen) atoms. The van der Waals surface area contributed by atoms with Crippen molar-refractivity contribution in [2.75, 3.05) is 13.6 Å². The largest absolute Gasteiger partial charge is 0.488 e. The lowest BCUT2D eigenvalue weighted by atomic mass is 10.2. The molecule has 0 atom stereocenters. The van der Waals surface area contributed by atoms with Crippen LogP contribution in [0, 0.1) is 0 Å². The smallest absolute Gasteiger partial charge is 0.242 e. The van der Waals surface area contributed by atoms with Crippen molar-refractivity contribution in [2.45, 2.75) is 51.0 Å². The van der Waals surface area contributed by atoms with E-state index in [0.29, 0.717) is 17.2 Å². The van der Waals surface area contributed by atoms with Crippen LogP contribution in [0.1, 0.15) is 40.5 Å². The van der Waals surface area contributed by atoms with Crippen molar-refractivity contribution in [1.29, 1.82) is 0 Å². The Morgan fingerprint density at radius 1 is 1.15 bits per heavy atom. The third-order valence-corrected chi connectivity index (χ3v) is 4.65. The molecular weight excluding hydrogens is 274 g/mol. The number of benzene rings is 1. The molecule has 0 aliphatic rings. The molecule has 0 bridgehead atoms. The van der Waals surface area contributed by atoms with Crippen LogP contribution in [0.3, 0.4) is 0 Å². The number of unbranched alkanes of at least 4 members (excludes halogenated alkanes) is 1. The molecule has 0 aliphatic carbocycles.